The molecule has 0 aliphatic heterocycles. The van der Waals surface area contributed by atoms with Gasteiger partial charge in [0.15, 0.2) is 0 Å². The Bertz CT molecular complexity index is 220. The van der Waals surface area contributed by atoms with Crippen LogP contribution in [0.4, 0.5) is 0 Å². The first kappa shape index (κ1) is 5.56. The topological polar surface area (TPSA) is 39.1 Å². The molecule has 0 radical (unpaired) electrons. The Morgan fingerprint density at radius 1 is 1.38 bits per heavy atom. The van der Waals surface area contributed by atoms with E-state index in [4.69, 9.17) is 11.6 Å². The van der Waals surface area contributed by atoms with Crippen LogP contribution in [-0.2, 0) is 6.54 Å². The molecule has 0 fully saturated rings. The Balaban J connectivity index is 2.67. The fraction of sp³-hybridized carbons (Fsp3) is 0.500. The highest BCUT2D eigenvalue weighted by atomic mass is 35.5. The standard InChI is InChI=1S/C4H4ClNO2/c5-1-2-6-3(7)4(6)8/h1-2H2. The predicted octanol–water partition coefficient (Wildman–Crippen LogP) is -0.677. The quantitative estimate of drug-likeness (QED) is 0.396. The number of aromatic nitrogens is 1. The summed E-state index contributed by atoms with van der Waals surface area (Å²) in [5, 5.41) is 0. The average molecular weight is 134 g/mol. The number of hydrogen-bond donors (Lipinski definition) is 0. The summed E-state index contributed by atoms with van der Waals surface area (Å²) in [7, 11) is 0. The first-order valence-corrected chi connectivity index (χ1v) is 2.72. The van der Waals surface area contributed by atoms with Gasteiger partial charge < -0.3 is 0 Å². The fourth-order valence-electron chi connectivity index (χ4n) is 0.452. The highest BCUT2D eigenvalue weighted by Crippen LogP contribution is 1.77. The van der Waals surface area contributed by atoms with E-state index in [1.165, 1.54) is 0 Å². The number of hydrogen-bond acceptors (Lipinski definition) is 2. The molecule has 0 bridgehead atoms. The Morgan fingerprint density at radius 3 is 2.00 bits per heavy atom. The summed E-state index contributed by atoms with van der Waals surface area (Å²) in [6, 6.07) is 0. The van der Waals surface area contributed by atoms with Crippen LogP contribution >= 0.6 is 11.6 Å². The van der Waals surface area contributed by atoms with Gasteiger partial charge in [0.25, 0.3) is 0 Å². The molecule has 3 nitrogen and oxygen atoms in total. The van der Waals surface area contributed by atoms with Crippen LogP contribution in [0.25, 0.3) is 0 Å². The zero-order valence-electron chi connectivity index (χ0n) is 4.06. The van der Waals surface area contributed by atoms with Crippen molar-refractivity contribution in [1.82, 2.24) is 4.57 Å². The maximum absolute atomic E-state index is 10.1. The average Bonchev–Trinajstić information content (AvgIpc) is 2.25. The summed E-state index contributed by atoms with van der Waals surface area (Å²) >= 11 is 5.22. The molecule has 0 saturated carbocycles. The maximum Gasteiger partial charge on any atom is 0.319 e. The summed E-state index contributed by atoms with van der Waals surface area (Å²) in [4.78, 5) is 20.3. The van der Waals surface area contributed by atoms with Crippen molar-refractivity contribution >= 4 is 11.6 Å². The summed E-state index contributed by atoms with van der Waals surface area (Å²) < 4.78 is 1.10. The normalized spacial score (nSPS) is 10.6. The van der Waals surface area contributed by atoms with Crippen molar-refractivity contribution < 1.29 is 0 Å². The molecule has 1 rings (SSSR count). The molecule has 0 spiro atoms. The molecule has 44 valence electrons. The molecule has 1 aromatic rings. The third-order valence-corrected chi connectivity index (χ3v) is 1.10. The van der Waals surface area contributed by atoms with Crippen LogP contribution in [0.3, 0.4) is 0 Å². The van der Waals surface area contributed by atoms with Crippen LogP contribution in [-0.4, -0.2) is 10.4 Å². The molecule has 0 unspecified atom stereocenters. The smallest absolute Gasteiger partial charge is 0.265 e. The second kappa shape index (κ2) is 1.74. The summed E-state index contributed by atoms with van der Waals surface area (Å²) in [6.07, 6.45) is 0. The van der Waals surface area contributed by atoms with Gasteiger partial charge in [0.1, 0.15) is 0 Å². The lowest BCUT2D eigenvalue weighted by Crippen LogP contribution is -1.95. The van der Waals surface area contributed by atoms with E-state index in [1.807, 2.05) is 0 Å². The number of nitrogens with zero attached hydrogens (tertiary/aromatic N) is 1. The molecule has 0 aliphatic carbocycles. The highest BCUT2D eigenvalue weighted by Gasteiger charge is 2.13. The molecule has 0 N–H and O–H groups in total. The number of alkyl halides is 1. The molecule has 1 aromatic heterocycles. The van der Waals surface area contributed by atoms with Gasteiger partial charge in [-0.3, -0.25) is 14.2 Å². The van der Waals surface area contributed by atoms with Crippen LogP contribution in [0.15, 0.2) is 9.59 Å². The SMILES string of the molecule is O=c1c(=O)n1CCCl. The van der Waals surface area contributed by atoms with Crippen molar-refractivity contribution in [3.8, 4) is 0 Å². The van der Waals surface area contributed by atoms with Crippen molar-refractivity contribution in [2.45, 2.75) is 6.54 Å². The third kappa shape index (κ3) is 0.690. The van der Waals surface area contributed by atoms with E-state index in [1.54, 1.807) is 0 Å². The van der Waals surface area contributed by atoms with Gasteiger partial charge in [-0.05, 0) is 0 Å². The van der Waals surface area contributed by atoms with Crippen molar-refractivity contribution in [3.63, 3.8) is 0 Å². The van der Waals surface area contributed by atoms with Gasteiger partial charge >= 0.3 is 11.1 Å². The molecule has 8 heavy (non-hydrogen) atoms. The Hall–Kier alpha value is -0.570. The van der Waals surface area contributed by atoms with Crippen LogP contribution < -0.4 is 11.1 Å². The van der Waals surface area contributed by atoms with Crippen LogP contribution in [0, 0.1) is 0 Å². The Labute approximate surface area is 50.2 Å². The van der Waals surface area contributed by atoms with E-state index >= 15 is 0 Å². The van der Waals surface area contributed by atoms with Gasteiger partial charge in [-0.2, -0.15) is 0 Å². The van der Waals surface area contributed by atoms with E-state index < -0.39 is 11.1 Å². The van der Waals surface area contributed by atoms with E-state index in [0.717, 1.165) is 4.57 Å². The third-order valence-electron chi connectivity index (χ3n) is 0.931. The molecule has 0 atom stereocenters. The first-order valence-electron chi connectivity index (χ1n) is 2.19. The molecule has 4 heteroatoms. The monoisotopic (exact) mass is 133 g/mol. The molecular formula is C4H4ClNO2. The van der Waals surface area contributed by atoms with Crippen LogP contribution in [0.5, 0.6) is 0 Å². The zero-order chi connectivity index (χ0) is 6.15. The molecule has 0 aromatic carbocycles. The van der Waals surface area contributed by atoms with Crippen LogP contribution in [0.1, 0.15) is 0 Å². The minimum atomic E-state index is -0.411. The van der Waals surface area contributed by atoms with Crippen molar-refractivity contribution in [1.29, 1.82) is 0 Å². The fourth-order valence-corrected chi connectivity index (χ4v) is 0.621. The molecule has 0 aliphatic rings. The summed E-state index contributed by atoms with van der Waals surface area (Å²) in [5.41, 5.74) is -0.823. The number of halogens is 1. The van der Waals surface area contributed by atoms with E-state index in [2.05, 4.69) is 0 Å². The minimum Gasteiger partial charge on any atom is -0.265 e. The van der Waals surface area contributed by atoms with Crippen molar-refractivity contribution in [2.24, 2.45) is 0 Å². The van der Waals surface area contributed by atoms with Crippen LogP contribution in [0.2, 0.25) is 0 Å². The number of rotatable bonds is 2. The Kier molecular flexibility index (Phi) is 1.21. The van der Waals surface area contributed by atoms with E-state index in [0.29, 0.717) is 12.4 Å². The van der Waals surface area contributed by atoms with Gasteiger partial charge in [0, 0.05) is 12.4 Å². The lowest BCUT2D eigenvalue weighted by molar-refractivity contribution is 0.824. The minimum absolute atomic E-state index is 0.331. The van der Waals surface area contributed by atoms with E-state index in [9.17, 15) is 9.59 Å². The van der Waals surface area contributed by atoms with Gasteiger partial charge in [-0.1, -0.05) is 0 Å². The van der Waals surface area contributed by atoms with Gasteiger partial charge in [0.05, 0.1) is 0 Å². The molecule has 0 amide bonds. The first-order chi connectivity index (χ1) is 3.77. The second-order valence-corrected chi connectivity index (χ2v) is 1.83. The second-order valence-electron chi connectivity index (χ2n) is 1.45. The Morgan fingerprint density at radius 2 is 1.88 bits per heavy atom. The lowest BCUT2D eigenvalue weighted by atomic mass is 10.8. The maximum atomic E-state index is 10.1. The van der Waals surface area contributed by atoms with E-state index in [-0.39, 0.29) is 0 Å². The largest absolute Gasteiger partial charge is 0.319 e. The summed E-state index contributed by atoms with van der Waals surface area (Å²) in [6.45, 7) is 0.360. The van der Waals surface area contributed by atoms with Gasteiger partial charge in [-0.15, -0.1) is 11.6 Å². The van der Waals surface area contributed by atoms with Gasteiger partial charge in [0.2, 0.25) is 0 Å². The molecular weight excluding hydrogens is 130 g/mol. The van der Waals surface area contributed by atoms with Crippen molar-refractivity contribution in [3.05, 3.63) is 20.7 Å². The predicted molar refractivity (Wildman–Crippen MR) is 30.1 cm³/mol. The molecule has 1 heterocycles. The van der Waals surface area contributed by atoms with Crippen molar-refractivity contribution in [2.75, 3.05) is 5.88 Å². The summed E-state index contributed by atoms with van der Waals surface area (Å²) in [5.74, 6) is 0.331. The lowest BCUT2D eigenvalue weighted by Gasteiger charge is -1.78. The van der Waals surface area contributed by atoms with Gasteiger partial charge in [-0.25, -0.2) is 0 Å². The highest BCUT2D eigenvalue weighted by molar-refractivity contribution is 6.17. The molecule has 0 saturated heterocycles. The zero-order valence-corrected chi connectivity index (χ0v) is 4.81.